The van der Waals surface area contributed by atoms with Crippen LogP contribution in [-0.2, 0) is 12.8 Å². The monoisotopic (exact) mass is 338 g/mol. The maximum atomic E-state index is 10.0. The number of methoxy groups -OCH3 is 1. The van der Waals surface area contributed by atoms with Gasteiger partial charge in [-0.25, -0.2) is 0 Å². The maximum absolute atomic E-state index is 10.0. The van der Waals surface area contributed by atoms with Gasteiger partial charge >= 0.3 is 0 Å². The van der Waals surface area contributed by atoms with Gasteiger partial charge in [-0.15, -0.1) is 0 Å². The smallest absolute Gasteiger partial charge is 0.158 e. The molecule has 2 aromatic rings. The van der Waals surface area contributed by atoms with Crippen molar-refractivity contribution in [2.24, 2.45) is 0 Å². The largest absolute Gasteiger partial charge is 0.504 e. The van der Waals surface area contributed by atoms with Gasteiger partial charge in [0.25, 0.3) is 0 Å². The number of aromatic hydroxyl groups is 2. The normalized spacial score (nSPS) is 16.5. The van der Waals surface area contributed by atoms with Crippen LogP contribution in [0.25, 0.3) is 17.2 Å². The summed E-state index contributed by atoms with van der Waals surface area (Å²) >= 11 is 0. The summed E-state index contributed by atoms with van der Waals surface area (Å²) < 4.78 is 12.0. The molecule has 0 saturated carbocycles. The minimum atomic E-state index is -0.354. The first-order chi connectivity index (χ1) is 11.8. The molecule has 1 heterocycles. The molecule has 0 fully saturated rings. The van der Waals surface area contributed by atoms with Crippen LogP contribution < -0.4 is 9.47 Å². The number of aryl methyl sites for hydroxylation is 1. The molecule has 0 atom stereocenters. The van der Waals surface area contributed by atoms with Gasteiger partial charge in [-0.3, -0.25) is 0 Å². The Labute approximate surface area is 147 Å². The van der Waals surface area contributed by atoms with Crippen LogP contribution >= 0.6 is 0 Å². The number of hydrogen-bond donors (Lipinski definition) is 2. The molecule has 2 aliphatic rings. The van der Waals surface area contributed by atoms with Crippen LogP contribution in [0.2, 0.25) is 0 Å². The quantitative estimate of drug-likeness (QED) is 0.758. The Kier molecular flexibility index (Phi) is 3.29. The van der Waals surface area contributed by atoms with Gasteiger partial charge in [-0.05, 0) is 68.5 Å². The van der Waals surface area contributed by atoms with Gasteiger partial charge in [0.05, 0.1) is 7.11 Å². The number of ether oxygens (including phenoxy) is 2. The molecule has 2 aromatic carbocycles. The molecule has 0 amide bonds. The molecular formula is C21H22O4. The highest BCUT2D eigenvalue weighted by Gasteiger charge is 2.32. The highest BCUT2D eigenvalue weighted by molar-refractivity contribution is 5.87. The van der Waals surface area contributed by atoms with Crippen LogP contribution in [0.5, 0.6) is 23.0 Å². The van der Waals surface area contributed by atoms with Gasteiger partial charge in [0.2, 0.25) is 0 Å². The summed E-state index contributed by atoms with van der Waals surface area (Å²) in [5, 5.41) is 19.9. The molecule has 0 saturated heterocycles. The van der Waals surface area contributed by atoms with Crippen LogP contribution in [0.15, 0.2) is 18.2 Å². The molecule has 25 heavy (non-hydrogen) atoms. The second-order valence-corrected chi connectivity index (χ2v) is 7.29. The molecule has 130 valence electrons. The molecule has 4 nitrogen and oxygen atoms in total. The van der Waals surface area contributed by atoms with E-state index in [-0.39, 0.29) is 17.1 Å². The van der Waals surface area contributed by atoms with Crippen LogP contribution in [0, 0.1) is 6.92 Å². The third kappa shape index (κ3) is 2.28. The lowest BCUT2D eigenvalue weighted by atomic mass is 9.80. The van der Waals surface area contributed by atoms with Crippen molar-refractivity contribution in [2.75, 3.05) is 7.11 Å². The molecule has 4 rings (SSSR count). The zero-order chi connectivity index (χ0) is 17.9. The van der Waals surface area contributed by atoms with Crippen molar-refractivity contribution in [2.45, 2.75) is 39.2 Å². The summed E-state index contributed by atoms with van der Waals surface area (Å²) in [5.74, 6) is 1.44. The van der Waals surface area contributed by atoms with Crippen molar-refractivity contribution < 1.29 is 19.7 Å². The summed E-state index contributed by atoms with van der Waals surface area (Å²) in [6.45, 7) is 6.07. The van der Waals surface area contributed by atoms with Crippen LogP contribution in [0.1, 0.15) is 36.1 Å². The lowest BCUT2D eigenvalue weighted by Gasteiger charge is -2.34. The predicted molar refractivity (Wildman–Crippen MR) is 97.6 cm³/mol. The van der Waals surface area contributed by atoms with Crippen LogP contribution in [0.3, 0.4) is 0 Å². The molecule has 0 radical (unpaired) electrons. The SMILES string of the molecule is COc1c(C)c2c(c3c1-c1cc(O)c(O)cc1CC3)C=CC(C)(C)O2. The van der Waals surface area contributed by atoms with E-state index in [1.165, 1.54) is 5.56 Å². The number of phenolic OH excluding ortho intramolecular Hbond substituents is 2. The van der Waals surface area contributed by atoms with E-state index in [9.17, 15) is 10.2 Å². The fourth-order valence-electron chi connectivity index (χ4n) is 3.91. The van der Waals surface area contributed by atoms with Gasteiger partial charge in [0.15, 0.2) is 11.5 Å². The second-order valence-electron chi connectivity index (χ2n) is 7.29. The summed E-state index contributed by atoms with van der Waals surface area (Å²) in [6, 6.07) is 3.28. The predicted octanol–water partition coefficient (Wildman–Crippen LogP) is 4.36. The number of benzene rings is 2. The second kappa shape index (κ2) is 5.19. The van der Waals surface area contributed by atoms with E-state index in [0.717, 1.165) is 52.2 Å². The van der Waals surface area contributed by atoms with E-state index in [4.69, 9.17) is 9.47 Å². The topological polar surface area (TPSA) is 58.9 Å². The van der Waals surface area contributed by atoms with Gasteiger partial charge in [-0.2, -0.15) is 0 Å². The Morgan fingerprint density at radius 3 is 2.56 bits per heavy atom. The molecule has 0 spiro atoms. The number of rotatable bonds is 1. The first-order valence-corrected chi connectivity index (χ1v) is 8.49. The van der Waals surface area contributed by atoms with E-state index in [1.807, 2.05) is 20.8 Å². The molecule has 0 bridgehead atoms. The average Bonchev–Trinajstić information content (AvgIpc) is 2.56. The fraction of sp³-hybridized carbons (Fsp3) is 0.333. The number of hydrogen-bond acceptors (Lipinski definition) is 4. The minimum Gasteiger partial charge on any atom is -0.504 e. The first kappa shape index (κ1) is 15.9. The van der Waals surface area contributed by atoms with Crippen molar-refractivity contribution in [3.63, 3.8) is 0 Å². The first-order valence-electron chi connectivity index (χ1n) is 8.49. The van der Waals surface area contributed by atoms with Gasteiger partial charge in [0.1, 0.15) is 17.1 Å². The Morgan fingerprint density at radius 2 is 1.84 bits per heavy atom. The van der Waals surface area contributed by atoms with Gasteiger partial charge in [0, 0.05) is 16.7 Å². The Balaban J connectivity index is 2.06. The molecule has 2 N–H and O–H groups in total. The van der Waals surface area contributed by atoms with Crippen molar-refractivity contribution in [1.29, 1.82) is 0 Å². The Morgan fingerprint density at radius 1 is 1.12 bits per heavy atom. The molecule has 1 aliphatic heterocycles. The van der Waals surface area contributed by atoms with Gasteiger partial charge in [-0.1, -0.05) is 6.08 Å². The number of phenols is 2. The van der Waals surface area contributed by atoms with E-state index < -0.39 is 0 Å². The van der Waals surface area contributed by atoms with E-state index >= 15 is 0 Å². The third-order valence-electron chi connectivity index (χ3n) is 5.11. The van der Waals surface area contributed by atoms with E-state index in [1.54, 1.807) is 19.2 Å². The van der Waals surface area contributed by atoms with Crippen molar-refractivity contribution in [3.05, 3.63) is 40.5 Å². The lowest BCUT2D eigenvalue weighted by molar-refractivity contribution is 0.157. The average molecular weight is 338 g/mol. The van der Waals surface area contributed by atoms with E-state index in [2.05, 4.69) is 12.2 Å². The molecule has 0 aromatic heterocycles. The molecule has 0 unspecified atom stereocenters. The zero-order valence-electron chi connectivity index (χ0n) is 14.9. The van der Waals surface area contributed by atoms with E-state index in [0.29, 0.717) is 0 Å². The molecule has 4 heteroatoms. The molecule has 1 aliphatic carbocycles. The minimum absolute atomic E-state index is 0.0826. The standard InChI is InChI=1S/C21H22O4/c1-11-19-14(7-8-21(2,3)25-19)13-6-5-12-9-16(22)17(23)10-15(12)18(13)20(11)24-4/h7-10,22-23H,5-6H2,1-4H3. The van der Waals surface area contributed by atoms with Crippen molar-refractivity contribution >= 4 is 6.08 Å². The maximum Gasteiger partial charge on any atom is 0.158 e. The van der Waals surface area contributed by atoms with Gasteiger partial charge < -0.3 is 19.7 Å². The summed E-state index contributed by atoms with van der Waals surface area (Å²) in [4.78, 5) is 0. The highest BCUT2D eigenvalue weighted by atomic mass is 16.5. The lowest BCUT2D eigenvalue weighted by Crippen LogP contribution is -2.29. The van der Waals surface area contributed by atoms with Crippen LogP contribution in [-0.4, -0.2) is 22.9 Å². The summed E-state index contributed by atoms with van der Waals surface area (Å²) in [7, 11) is 1.66. The third-order valence-corrected chi connectivity index (χ3v) is 5.11. The fourth-order valence-corrected chi connectivity index (χ4v) is 3.91. The Bertz CT molecular complexity index is 922. The highest BCUT2D eigenvalue weighted by Crippen LogP contribution is 2.51. The summed E-state index contributed by atoms with van der Waals surface area (Å²) in [6.07, 6.45) is 5.84. The summed E-state index contributed by atoms with van der Waals surface area (Å²) in [5.41, 5.74) is 5.78. The number of fused-ring (bicyclic) bond motifs is 5. The molecular weight excluding hydrogens is 316 g/mol. The van der Waals surface area contributed by atoms with Crippen LogP contribution in [0.4, 0.5) is 0 Å². The van der Waals surface area contributed by atoms with Crippen molar-refractivity contribution in [1.82, 2.24) is 0 Å². The Hall–Kier alpha value is -2.62. The zero-order valence-corrected chi connectivity index (χ0v) is 14.9. The van der Waals surface area contributed by atoms with Crippen molar-refractivity contribution in [3.8, 4) is 34.1 Å².